The van der Waals surface area contributed by atoms with Crippen molar-refractivity contribution in [3.05, 3.63) is 11.1 Å². The fraction of sp³-hybridized carbons (Fsp3) is 0.800. The van der Waals surface area contributed by atoms with Crippen LogP contribution in [0.5, 0.6) is 0 Å². The SMILES string of the molecule is CCCCCCC(C(=O)OCC)=C(CCCCCC)C(=O)OCC. The zero-order valence-corrected chi connectivity index (χ0v) is 16.1. The van der Waals surface area contributed by atoms with Gasteiger partial charge < -0.3 is 9.47 Å². The van der Waals surface area contributed by atoms with Gasteiger partial charge in [-0.3, -0.25) is 0 Å². The van der Waals surface area contributed by atoms with E-state index in [2.05, 4.69) is 13.8 Å². The molecular formula is C20H36O4. The van der Waals surface area contributed by atoms with E-state index in [-0.39, 0.29) is 11.9 Å². The first-order chi connectivity index (χ1) is 11.6. The lowest BCUT2D eigenvalue weighted by atomic mass is 9.96. The lowest BCUT2D eigenvalue weighted by Gasteiger charge is -2.14. The van der Waals surface area contributed by atoms with E-state index in [4.69, 9.17) is 9.47 Å². The molecule has 24 heavy (non-hydrogen) atoms. The van der Waals surface area contributed by atoms with Gasteiger partial charge in [0.2, 0.25) is 0 Å². The summed E-state index contributed by atoms with van der Waals surface area (Å²) in [5, 5.41) is 0. The molecule has 0 atom stereocenters. The first-order valence-corrected chi connectivity index (χ1v) is 9.68. The van der Waals surface area contributed by atoms with Crippen molar-refractivity contribution in [3.63, 3.8) is 0 Å². The summed E-state index contributed by atoms with van der Waals surface area (Å²) >= 11 is 0. The van der Waals surface area contributed by atoms with Crippen LogP contribution in [-0.2, 0) is 19.1 Å². The van der Waals surface area contributed by atoms with Crippen molar-refractivity contribution in [2.24, 2.45) is 0 Å². The van der Waals surface area contributed by atoms with E-state index in [0.29, 0.717) is 37.2 Å². The van der Waals surface area contributed by atoms with Crippen molar-refractivity contribution in [1.82, 2.24) is 0 Å². The molecular weight excluding hydrogens is 304 g/mol. The lowest BCUT2D eigenvalue weighted by Crippen LogP contribution is -2.17. The molecule has 0 aromatic rings. The van der Waals surface area contributed by atoms with Gasteiger partial charge in [-0.2, -0.15) is 0 Å². The van der Waals surface area contributed by atoms with Crippen LogP contribution in [-0.4, -0.2) is 25.2 Å². The first kappa shape index (κ1) is 22.7. The minimum Gasteiger partial charge on any atom is -0.463 e. The minimum absolute atomic E-state index is 0.323. The van der Waals surface area contributed by atoms with Crippen LogP contribution in [0, 0.1) is 0 Å². The van der Waals surface area contributed by atoms with Gasteiger partial charge in [0.1, 0.15) is 0 Å². The number of carbonyl (C=O) groups excluding carboxylic acids is 2. The number of hydrogen-bond donors (Lipinski definition) is 0. The molecule has 4 heteroatoms. The normalized spacial score (nSPS) is 11.8. The van der Waals surface area contributed by atoms with Gasteiger partial charge in [0, 0.05) is 11.1 Å². The second kappa shape index (κ2) is 15.2. The number of carbonyl (C=O) groups is 2. The summed E-state index contributed by atoms with van der Waals surface area (Å²) in [5.74, 6) is -0.708. The molecule has 0 amide bonds. The van der Waals surface area contributed by atoms with Gasteiger partial charge in [0.25, 0.3) is 0 Å². The Morgan fingerprint density at radius 3 is 1.25 bits per heavy atom. The standard InChI is InChI=1S/C20H36O4/c1-5-9-11-13-15-17(19(21)23-7-3)18(20(22)24-8-4)16-14-12-10-6-2/h5-16H2,1-4H3. The maximum atomic E-state index is 12.4. The molecule has 4 nitrogen and oxygen atoms in total. The maximum Gasteiger partial charge on any atom is 0.334 e. The monoisotopic (exact) mass is 340 g/mol. The highest BCUT2D eigenvalue weighted by molar-refractivity contribution is 6.00. The summed E-state index contributed by atoms with van der Waals surface area (Å²) in [6.45, 7) is 8.53. The lowest BCUT2D eigenvalue weighted by molar-refractivity contribution is -0.142. The highest BCUT2D eigenvalue weighted by atomic mass is 16.5. The number of esters is 2. The molecule has 0 aliphatic heterocycles. The maximum absolute atomic E-state index is 12.4. The number of ether oxygens (including phenoxy) is 2. The van der Waals surface area contributed by atoms with Crippen LogP contribution in [0.4, 0.5) is 0 Å². The second-order valence-corrected chi connectivity index (χ2v) is 6.02. The van der Waals surface area contributed by atoms with Crippen LogP contribution in [0.1, 0.15) is 91.9 Å². The van der Waals surface area contributed by atoms with Crippen LogP contribution in [0.3, 0.4) is 0 Å². The van der Waals surface area contributed by atoms with Crippen LogP contribution >= 0.6 is 0 Å². The summed E-state index contributed by atoms with van der Waals surface area (Å²) in [4.78, 5) is 24.7. The average molecular weight is 341 g/mol. The Morgan fingerprint density at radius 1 is 0.583 bits per heavy atom. The van der Waals surface area contributed by atoms with Crippen LogP contribution in [0.15, 0.2) is 11.1 Å². The quantitative estimate of drug-likeness (QED) is 0.243. The molecule has 0 saturated carbocycles. The van der Waals surface area contributed by atoms with Gasteiger partial charge in [-0.25, -0.2) is 9.59 Å². The van der Waals surface area contributed by atoms with E-state index in [1.54, 1.807) is 13.8 Å². The van der Waals surface area contributed by atoms with Crippen molar-refractivity contribution < 1.29 is 19.1 Å². The van der Waals surface area contributed by atoms with Crippen molar-refractivity contribution in [2.75, 3.05) is 13.2 Å². The Hall–Kier alpha value is -1.32. The molecule has 0 aliphatic rings. The van der Waals surface area contributed by atoms with Crippen molar-refractivity contribution >= 4 is 11.9 Å². The summed E-state index contributed by atoms with van der Waals surface area (Å²) in [7, 11) is 0. The largest absolute Gasteiger partial charge is 0.463 e. The minimum atomic E-state index is -0.354. The van der Waals surface area contributed by atoms with Crippen molar-refractivity contribution in [1.29, 1.82) is 0 Å². The Bertz CT molecular complexity index is 349. The fourth-order valence-electron chi connectivity index (χ4n) is 2.65. The van der Waals surface area contributed by atoms with Gasteiger partial charge in [-0.1, -0.05) is 52.4 Å². The zero-order valence-electron chi connectivity index (χ0n) is 16.1. The number of unbranched alkanes of at least 4 members (excludes halogenated alkanes) is 6. The molecule has 0 heterocycles. The molecule has 0 unspecified atom stereocenters. The topological polar surface area (TPSA) is 52.6 Å². The van der Waals surface area contributed by atoms with Crippen LogP contribution < -0.4 is 0 Å². The third-order valence-electron chi connectivity index (χ3n) is 3.97. The highest BCUT2D eigenvalue weighted by Crippen LogP contribution is 2.22. The Labute approximate surface area is 148 Å². The van der Waals surface area contributed by atoms with Crippen LogP contribution in [0.25, 0.3) is 0 Å². The molecule has 0 aliphatic carbocycles. The average Bonchev–Trinajstić information content (AvgIpc) is 2.56. The predicted molar refractivity (Wildman–Crippen MR) is 97.8 cm³/mol. The fourth-order valence-corrected chi connectivity index (χ4v) is 2.65. The van der Waals surface area contributed by atoms with E-state index in [0.717, 1.165) is 51.4 Å². The van der Waals surface area contributed by atoms with Gasteiger partial charge in [0.15, 0.2) is 0 Å². The molecule has 0 spiro atoms. The number of hydrogen-bond acceptors (Lipinski definition) is 4. The van der Waals surface area contributed by atoms with Crippen molar-refractivity contribution in [2.45, 2.75) is 91.9 Å². The molecule has 140 valence electrons. The molecule has 0 saturated heterocycles. The molecule has 0 fully saturated rings. The zero-order chi connectivity index (χ0) is 18.2. The molecule has 0 bridgehead atoms. The summed E-state index contributed by atoms with van der Waals surface area (Å²) in [6.07, 6.45) is 9.68. The molecule has 0 aromatic heterocycles. The summed E-state index contributed by atoms with van der Waals surface area (Å²) in [5.41, 5.74) is 1.06. The predicted octanol–water partition coefficient (Wildman–Crippen LogP) is 5.35. The van der Waals surface area contributed by atoms with Gasteiger partial charge in [0.05, 0.1) is 13.2 Å². The van der Waals surface area contributed by atoms with Gasteiger partial charge in [-0.15, -0.1) is 0 Å². The molecule has 0 radical (unpaired) electrons. The summed E-state index contributed by atoms with van der Waals surface area (Å²) < 4.78 is 10.4. The van der Waals surface area contributed by atoms with Crippen molar-refractivity contribution in [3.8, 4) is 0 Å². The molecule has 0 rings (SSSR count). The van der Waals surface area contributed by atoms with E-state index in [1.165, 1.54) is 0 Å². The van der Waals surface area contributed by atoms with Gasteiger partial charge in [-0.05, 0) is 39.5 Å². The van der Waals surface area contributed by atoms with E-state index in [1.807, 2.05) is 0 Å². The van der Waals surface area contributed by atoms with E-state index >= 15 is 0 Å². The summed E-state index contributed by atoms with van der Waals surface area (Å²) in [6, 6.07) is 0. The van der Waals surface area contributed by atoms with E-state index in [9.17, 15) is 9.59 Å². The molecule has 0 aromatic carbocycles. The Balaban J connectivity index is 5.21. The molecule has 0 N–H and O–H groups in total. The number of rotatable bonds is 14. The first-order valence-electron chi connectivity index (χ1n) is 9.68. The van der Waals surface area contributed by atoms with Gasteiger partial charge >= 0.3 is 11.9 Å². The highest BCUT2D eigenvalue weighted by Gasteiger charge is 2.22. The Morgan fingerprint density at radius 2 is 0.958 bits per heavy atom. The van der Waals surface area contributed by atoms with E-state index < -0.39 is 0 Å². The smallest absolute Gasteiger partial charge is 0.334 e. The van der Waals surface area contributed by atoms with Crippen LogP contribution in [0.2, 0.25) is 0 Å². The Kier molecular flexibility index (Phi) is 14.4. The third kappa shape index (κ3) is 9.74. The third-order valence-corrected chi connectivity index (χ3v) is 3.97. The second-order valence-electron chi connectivity index (χ2n) is 6.02.